The van der Waals surface area contributed by atoms with Gasteiger partial charge in [-0.1, -0.05) is 13.8 Å². The van der Waals surface area contributed by atoms with Gasteiger partial charge in [0.1, 0.15) is 0 Å². The highest BCUT2D eigenvalue weighted by molar-refractivity contribution is 7.87. The Labute approximate surface area is 92.7 Å². The molecule has 0 aliphatic heterocycles. The summed E-state index contributed by atoms with van der Waals surface area (Å²) in [6.07, 6.45) is 0. The van der Waals surface area contributed by atoms with Gasteiger partial charge in [-0.3, -0.25) is 0 Å². The van der Waals surface area contributed by atoms with Gasteiger partial charge in [-0.2, -0.15) is 12.7 Å². The van der Waals surface area contributed by atoms with Crippen molar-refractivity contribution in [2.45, 2.75) is 33.2 Å². The SMILES string of the molecule is CC(C)CNS(=O)(=O)N(C)C(C)(C)CO. The third-order valence-electron chi connectivity index (χ3n) is 2.27. The number of aliphatic hydroxyl groups excluding tert-OH is 1. The van der Waals surface area contributed by atoms with Crippen molar-refractivity contribution < 1.29 is 13.5 Å². The van der Waals surface area contributed by atoms with Crippen LogP contribution in [0.2, 0.25) is 0 Å². The fourth-order valence-corrected chi connectivity index (χ4v) is 2.24. The fraction of sp³-hybridized carbons (Fsp3) is 1.00. The number of nitrogens with one attached hydrogen (secondary N) is 1. The van der Waals surface area contributed by atoms with Gasteiger partial charge in [0.15, 0.2) is 0 Å². The zero-order valence-corrected chi connectivity index (χ0v) is 10.9. The molecular weight excluding hydrogens is 216 g/mol. The first kappa shape index (κ1) is 14.8. The van der Waals surface area contributed by atoms with Crippen molar-refractivity contribution in [1.82, 2.24) is 9.03 Å². The topological polar surface area (TPSA) is 69.6 Å². The lowest BCUT2D eigenvalue weighted by Crippen LogP contribution is -2.52. The second-order valence-corrected chi connectivity index (χ2v) is 6.47. The lowest BCUT2D eigenvalue weighted by Gasteiger charge is -2.32. The molecule has 0 unspecified atom stereocenters. The fourth-order valence-electron chi connectivity index (χ4n) is 0.794. The number of nitrogens with zero attached hydrogens (tertiary/aromatic N) is 1. The van der Waals surface area contributed by atoms with Crippen LogP contribution in [0.3, 0.4) is 0 Å². The van der Waals surface area contributed by atoms with Gasteiger partial charge in [0.25, 0.3) is 10.2 Å². The molecule has 15 heavy (non-hydrogen) atoms. The summed E-state index contributed by atoms with van der Waals surface area (Å²) in [6.45, 7) is 7.38. The summed E-state index contributed by atoms with van der Waals surface area (Å²) in [7, 11) is -2.04. The Morgan fingerprint density at radius 1 is 1.40 bits per heavy atom. The van der Waals surface area contributed by atoms with E-state index >= 15 is 0 Å². The maximum absolute atomic E-state index is 11.7. The van der Waals surface area contributed by atoms with Crippen LogP contribution < -0.4 is 4.72 Å². The molecule has 0 aliphatic rings. The van der Waals surface area contributed by atoms with Crippen molar-refractivity contribution in [2.24, 2.45) is 5.92 Å². The van der Waals surface area contributed by atoms with Crippen LogP contribution in [-0.2, 0) is 10.2 Å². The van der Waals surface area contributed by atoms with Gasteiger partial charge in [0.05, 0.1) is 12.1 Å². The van der Waals surface area contributed by atoms with E-state index in [9.17, 15) is 8.42 Å². The van der Waals surface area contributed by atoms with Gasteiger partial charge in [-0.05, 0) is 19.8 Å². The highest BCUT2D eigenvalue weighted by atomic mass is 32.2. The van der Waals surface area contributed by atoms with Gasteiger partial charge < -0.3 is 5.11 Å². The molecule has 5 nitrogen and oxygen atoms in total. The molecule has 92 valence electrons. The quantitative estimate of drug-likeness (QED) is 0.693. The average molecular weight is 238 g/mol. The van der Waals surface area contributed by atoms with Crippen molar-refractivity contribution in [3.8, 4) is 0 Å². The molecule has 0 spiro atoms. The molecule has 0 aromatic heterocycles. The molecule has 0 saturated heterocycles. The van der Waals surface area contributed by atoms with E-state index in [1.165, 1.54) is 7.05 Å². The van der Waals surface area contributed by atoms with E-state index < -0.39 is 15.7 Å². The van der Waals surface area contributed by atoms with Crippen molar-refractivity contribution >= 4 is 10.2 Å². The summed E-state index contributed by atoms with van der Waals surface area (Å²) >= 11 is 0. The molecule has 0 amide bonds. The molecule has 0 saturated carbocycles. The molecule has 0 aromatic rings. The highest BCUT2D eigenvalue weighted by Gasteiger charge is 2.31. The third kappa shape index (κ3) is 4.46. The molecular formula is C9H22N2O3S. The Morgan fingerprint density at radius 3 is 2.20 bits per heavy atom. The average Bonchev–Trinajstić information content (AvgIpc) is 2.13. The van der Waals surface area contributed by atoms with Gasteiger partial charge in [-0.15, -0.1) is 0 Å². The van der Waals surface area contributed by atoms with Crippen LogP contribution in [0.4, 0.5) is 0 Å². The predicted octanol–water partition coefficient (Wildman–Crippen LogP) is 0.179. The van der Waals surface area contributed by atoms with Crippen molar-refractivity contribution in [3.05, 3.63) is 0 Å². The molecule has 0 heterocycles. The molecule has 0 radical (unpaired) electrons. The third-order valence-corrected chi connectivity index (χ3v) is 4.02. The van der Waals surface area contributed by atoms with E-state index in [1.54, 1.807) is 13.8 Å². The molecule has 0 aliphatic carbocycles. The summed E-state index contributed by atoms with van der Waals surface area (Å²) < 4.78 is 27.1. The van der Waals surface area contributed by atoms with Crippen molar-refractivity contribution in [1.29, 1.82) is 0 Å². The Balaban J connectivity index is 4.60. The number of hydrogen-bond donors (Lipinski definition) is 2. The summed E-state index contributed by atoms with van der Waals surface area (Å²) in [5, 5.41) is 9.07. The molecule has 0 rings (SSSR count). The zero-order chi connectivity index (χ0) is 12.3. The summed E-state index contributed by atoms with van der Waals surface area (Å²) in [5.41, 5.74) is -0.789. The summed E-state index contributed by atoms with van der Waals surface area (Å²) in [4.78, 5) is 0. The van der Waals surface area contributed by atoms with Crippen molar-refractivity contribution in [3.63, 3.8) is 0 Å². The van der Waals surface area contributed by atoms with Gasteiger partial charge >= 0.3 is 0 Å². The minimum Gasteiger partial charge on any atom is -0.394 e. The monoisotopic (exact) mass is 238 g/mol. The predicted molar refractivity (Wildman–Crippen MR) is 60.7 cm³/mol. The Hall–Kier alpha value is -0.170. The van der Waals surface area contributed by atoms with Crippen LogP contribution >= 0.6 is 0 Å². The van der Waals surface area contributed by atoms with Crippen LogP contribution in [0.1, 0.15) is 27.7 Å². The number of aliphatic hydroxyl groups is 1. The molecule has 2 N–H and O–H groups in total. The van der Waals surface area contributed by atoms with Crippen LogP contribution in [0.5, 0.6) is 0 Å². The Kier molecular flexibility index (Phi) is 5.19. The zero-order valence-electron chi connectivity index (χ0n) is 10.1. The van der Waals surface area contributed by atoms with E-state index in [4.69, 9.17) is 5.11 Å². The van der Waals surface area contributed by atoms with Crippen LogP contribution in [0.25, 0.3) is 0 Å². The number of hydrogen-bond acceptors (Lipinski definition) is 3. The van der Waals surface area contributed by atoms with E-state index in [0.717, 1.165) is 4.31 Å². The van der Waals surface area contributed by atoms with Crippen LogP contribution in [0, 0.1) is 5.92 Å². The first-order chi connectivity index (χ1) is 6.63. The first-order valence-electron chi connectivity index (χ1n) is 4.98. The van der Waals surface area contributed by atoms with Gasteiger partial charge in [0, 0.05) is 13.6 Å². The van der Waals surface area contributed by atoms with Gasteiger partial charge in [0.2, 0.25) is 0 Å². The van der Waals surface area contributed by atoms with Gasteiger partial charge in [-0.25, -0.2) is 4.72 Å². The Bertz CT molecular complexity index is 286. The number of rotatable bonds is 6. The van der Waals surface area contributed by atoms with E-state index in [0.29, 0.717) is 6.54 Å². The van der Waals surface area contributed by atoms with Crippen LogP contribution in [-0.4, -0.2) is 43.6 Å². The molecule has 6 heteroatoms. The van der Waals surface area contributed by atoms with Crippen LogP contribution in [0.15, 0.2) is 0 Å². The minimum absolute atomic E-state index is 0.216. The minimum atomic E-state index is -3.50. The molecule has 0 fully saturated rings. The first-order valence-corrected chi connectivity index (χ1v) is 6.42. The number of likely N-dealkylation sites (N-methyl/N-ethyl adjacent to an activating group) is 1. The normalized spacial score (nSPS) is 13.9. The molecule has 0 aromatic carbocycles. The second-order valence-electron chi connectivity index (χ2n) is 4.69. The van der Waals surface area contributed by atoms with E-state index in [-0.39, 0.29) is 12.5 Å². The smallest absolute Gasteiger partial charge is 0.279 e. The Morgan fingerprint density at radius 2 is 1.87 bits per heavy atom. The van der Waals surface area contributed by atoms with E-state index in [1.807, 2.05) is 13.8 Å². The molecule has 0 atom stereocenters. The summed E-state index contributed by atoms with van der Waals surface area (Å²) in [5.74, 6) is 0.255. The van der Waals surface area contributed by atoms with E-state index in [2.05, 4.69) is 4.72 Å². The second kappa shape index (κ2) is 5.25. The molecule has 0 bridgehead atoms. The lowest BCUT2D eigenvalue weighted by molar-refractivity contribution is 0.136. The maximum Gasteiger partial charge on any atom is 0.279 e. The lowest BCUT2D eigenvalue weighted by atomic mass is 10.1. The highest BCUT2D eigenvalue weighted by Crippen LogP contribution is 2.14. The maximum atomic E-state index is 11.7. The largest absolute Gasteiger partial charge is 0.394 e. The standard InChI is InChI=1S/C9H22N2O3S/c1-8(2)6-10-15(13,14)11(5)9(3,4)7-12/h8,10,12H,6-7H2,1-5H3. The van der Waals surface area contributed by atoms with Crippen molar-refractivity contribution in [2.75, 3.05) is 20.2 Å². The summed E-state index contributed by atoms with van der Waals surface area (Å²) in [6, 6.07) is 0.